The molecule has 1 amide bonds. The minimum Gasteiger partial charge on any atom is -0.486 e. The molecule has 0 bridgehead atoms. The summed E-state index contributed by atoms with van der Waals surface area (Å²) in [5, 5.41) is 6.21. The van der Waals surface area contributed by atoms with Crippen LogP contribution in [0.1, 0.15) is 6.92 Å². The molecule has 108 valence electrons. The molecule has 2 heterocycles. The molecule has 6 heteroatoms. The molecular formula is C14H17BrN2O3. The Morgan fingerprint density at radius 1 is 1.30 bits per heavy atom. The van der Waals surface area contributed by atoms with Gasteiger partial charge >= 0.3 is 0 Å². The zero-order valence-corrected chi connectivity index (χ0v) is 12.8. The molecule has 1 aromatic rings. The Morgan fingerprint density at radius 3 is 2.65 bits per heavy atom. The summed E-state index contributed by atoms with van der Waals surface area (Å²) in [5.41, 5.74) is 0.721. The summed E-state index contributed by atoms with van der Waals surface area (Å²) in [6.07, 6.45) is 0. The van der Waals surface area contributed by atoms with Crippen LogP contribution >= 0.6 is 15.9 Å². The molecule has 0 aliphatic carbocycles. The van der Waals surface area contributed by atoms with Crippen molar-refractivity contribution in [3.8, 4) is 11.5 Å². The van der Waals surface area contributed by atoms with E-state index < -0.39 is 0 Å². The van der Waals surface area contributed by atoms with Gasteiger partial charge in [0, 0.05) is 23.2 Å². The van der Waals surface area contributed by atoms with Crippen molar-refractivity contribution in [1.82, 2.24) is 5.32 Å². The van der Waals surface area contributed by atoms with E-state index in [0.29, 0.717) is 30.6 Å². The number of anilines is 1. The largest absolute Gasteiger partial charge is 0.486 e. The number of fused-ring (bicyclic) bond motifs is 1. The van der Waals surface area contributed by atoms with Crippen LogP contribution in [0.25, 0.3) is 0 Å². The maximum Gasteiger partial charge on any atom is 0.229 e. The van der Waals surface area contributed by atoms with E-state index in [9.17, 15) is 4.79 Å². The van der Waals surface area contributed by atoms with Crippen LogP contribution in [0.3, 0.4) is 0 Å². The average molecular weight is 341 g/mol. The zero-order valence-electron chi connectivity index (χ0n) is 11.2. The van der Waals surface area contributed by atoms with Crippen LogP contribution in [-0.2, 0) is 4.79 Å². The molecule has 0 radical (unpaired) electrons. The molecular weight excluding hydrogens is 324 g/mol. The monoisotopic (exact) mass is 340 g/mol. The SMILES string of the molecule is CC1CNCC1C(=O)Nc1cc2c(cc1Br)OCCO2. The van der Waals surface area contributed by atoms with Gasteiger partial charge in [0.1, 0.15) is 13.2 Å². The highest BCUT2D eigenvalue weighted by molar-refractivity contribution is 9.10. The van der Waals surface area contributed by atoms with E-state index in [1.54, 1.807) is 0 Å². The van der Waals surface area contributed by atoms with Gasteiger partial charge in [0.15, 0.2) is 11.5 Å². The van der Waals surface area contributed by atoms with Crippen molar-refractivity contribution in [1.29, 1.82) is 0 Å². The van der Waals surface area contributed by atoms with E-state index in [4.69, 9.17) is 9.47 Å². The predicted octanol–water partition coefficient (Wildman–Crippen LogP) is 2.01. The highest BCUT2D eigenvalue weighted by Crippen LogP contribution is 2.38. The van der Waals surface area contributed by atoms with E-state index in [0.717, 1.165) is 23.2 Å². The first-order valence-corrected chi connectivity index (χ1v) is 7.55. The molecule has 5 nitrogen and oxygen atoms in total. The van der Waals surface area contributed by atoms with Crippen LogP contribution in [0.15, 0.2) is 16.6 Å². The summed E-state index contributed by atoms with van der Waals surface area (Å²) in [7, 11) is 0. The quantitative estimate of drug-likeness (QED) is 0.864. The lowest BCUT2D eigenvalue weighted by atomic mass is 9.97. The number of ether oxygens (including phenoxy) is 2. The van der Waals surface area contributed by atoms with E-state index >= 15 is 0 Å². The number of carbonyl (C=O) groups is 1. The van der Waals surface area contributed by atoms with E-state index in [1.165, 1.54) is 0 Å². The molecule has 1 aromatic carbocycles. The lowest BCUT2D eigenvalue weighted by Gasteiger charge is -2.21. The van der Waals surface area contributed by atoms with Crippen molar-refractivity contribution in [2.45, 2.75) is 6.92 Å². The van der Waals surface area contributed by atoms with Gasteiger partial charge in [0.2, 0.25) is 5.91 Å². The third kappa shape index (κ3) is 2.62. The normalized spacial score (nSPS) is 24.5. The minimum absolute atomic E-state index is 0.00935. The molecule has 1 saturated heterocycles. The smallest absolute Gasteiger partial charge is 0.229 e. The Kier molecular flexibility index (Phi) is 3.85. The fourth-order valence-corrected chi connectivity index (χ4v) is 2.97. The number of carbonyl (C=O) groups excluding carboxylic acids is 1. The summed E-state index contributed by atoms with van der Waals surface area (Å²) in [5.74, 6) is 1.78. The molecule has 0 saturated carbocycles. The van der Waals surface area contributed by atoms with E-state index in [2.05, 4.69) is 33.5 Å². The Hall–Kier alpha value is -1.27. The Labute approximate surface area is 126 Å². The lowest BCUT2D eigenvalue weighted by Crippen LogP contribution is -2.28. The van der Waals surface area contributed by atoms with Gasteiger partial charge in [-0.25, -0.2) is 0 Å². The van der Waals surface area contributed by atoms with Gasteiger partial charge in [-0.2, -0.15) is 0 Å². The first-order valence-electron chi connectivity index (χ1n) is 6.76. The maximum absolute atomic E-state index is 12.3. The molecule has 2 atom stereocenters. The van der Waals surface area contributed by atoms with Crippen molar-refractivity contribution >= 4 is 27.5 Å². The first-order chi connectivity index (χ1) is 9.65. The number of halogens is 1. The van der Waals surface area contributed by atoms with E-state index in [1.807, 2.05) is 12.1 Å². The third-order valence-electron chi connectivity index (χ3n) is 3.74. The predicted molar refractivity (Wildman–Crippen MR) is 79.3 cm³/mol. The standard InChI is InChI=1S/C14H17BrN2O3/c1-8-6-16-7-9(8)14(18)17-11-5-13-12(4-10(11)15)19-2-3-20-13/h4-5,8-9,16H,2-3,6-7H2,1H3,(H,17,18). The van der Waals surface area contributed by atoms with Gasteiger partial charge in [-0.05, 0) is 28.4 Å². The van der Waals surface area contributed by atoms with Crippen LogP contribution in [0.2, 0.25) is 0 Å². The molecule has 2 N–H and O–H groups in total. The molecule has 2 aliphatic rings. The third-order valence-corrected chi connectivity index (χ3v) is 4.40. The number of nitrogens with one attached hydrogen (secondary N) is 2. The van der Waals surface area contributed by atoms with Crippen LogP contribution in [0, 0.1) is 11.8 Å². The van der Waals surface area contributed by atoms with Crippen LogP contribution in [0.5, 0.6) is 11.5 Å². The van der Waals surface area contributed by atoms with Crippen molar-refractivity contribution < 1.29 is 14.3 Å². The molecule has 2 aliphatic heterocycles. The minimum atomic E-state index is 0.00935. The number of benzene rings is 1. The van der Waals surface area contributed by atoms with Crippen molar-refractivity contribution in [2.75, 3.05) is 31.6 Å². The number of hydrogen-bond donors (Lipinski definition) is 2. The number of rotatable bonds is 2. The fourth-order valence-electron chi connectivity index (χ4n) is 2.55. The van der Waals surface area contributed by atoms with Crippen LogP contribution in [0.4, 0.5) is 5.69 Å². The summed E-state index contributed by atoms with van der Waals surface area (Å²) in [6.45, 7) is 4.79. The molecule has 2 unspecified atom stereocenters. The summed E-state index contributed by atoms with van der Waals surface area (Å²) >= 11 is 3.46. The lowest BCUT2D eigenvalue weighted by molar-refractivity contribution is -0.120. The van der Waals surface area contributed by atoms with Gasteiger partial charge in [0.25, 0.3) is 0 Å². The van der Waals surface area contributed by atoms with E-state index in [-0.39, 0.29) is 11.8 Å². The van der Waals surface area contributed by atoms with Crippen molar-refractivity contribution in [3.05, 3.63) is 16.6 Å². The molecule has 0 aromatic heterocycles. The van der Waals surface area contributed by atoms with Crippen molar-refractivity contribution in [3.63, 3.8) is 0 Å². The maximum atomic E-state index is 12.3. The number of hydrogen-bond acceptors (Lipinski definition) is 4. The van der Waals surface area contributed by atoms with Gasteiger partial charge in [-0.1, -0.05) is 6.92 Å². The highest BCUT2D eigenvalue weighted by Gasteiger charge is 2.30. The topological polar surface area (TPSA) is 59.6 Å². The Morgan fingerprint density at radius 2 is 2.00 bits per heavy atom. The summed E-state index contributed by atoms with van der Waals surface area (Å²) in [4.78, 5) is 12.3. The average Bonchev–Trinajstić information content (AvgIpc) is 2.86. The van der Waals surface area contributed by atoms with Gasteiger partial charge in [-0.3, -0.25) is 4.79 Å². The second kappa shape index (κ2) is 5.61. The van der Waals surface area contributed by atoms with Gasteiger partial charge in [-0.15, -0.1) is 0 Å². The Balaban J connectivity index is 1.78. The number of amides is 1. The van der Waals surface area contributed by atoms with Crippen molar-refractivity contribution in [2.24, 2.45) is 11.8 Å². The second-order valence-electron chi connectivity index (χ2n) is 5.21. The zero-order chi connectivity index (χ0) is 14.1. The fraction of sp³-hybridized carbons (Fsp3) is 0.500. The van der Waals surface area contributed by atoms with Gasteiger partial charge in [0.05, 0.1) is 11.6 Å². The summed E-state index contributed by atoms with van der Waals surface area (Å²) < 4.78 is 11.8. The van der Waals surface area contributed by atoms with Crippen LogP contribution < -0.4 is 20.1 Å². The Bertz CT molecular complexity index is 535. The first kappa shape index (κ1) is 13.7. The van der Waals surface area contributed by atoms with Crippen LogP contribution in [-0.4, -0.2) is 32.2 Å². The molecule has 1 fully saturated rings. The molecule has 3 rings (SSSR count). The second-order valence-corrected chi connectivity index (χ2v) is 6.06. The molecule has 20 heavy (non-hydrogen) atoms. The highest BCUT2D eigenvalue weighted by atomic mass is 79.9. The summed E-state index contributed by atoms with van der Waals surface area (Å²) in [6, 6.07) is 3.64. The van der Waals surface area contributed by atoms with Gasteiger partial charge < -0.3 is 20.1 Å². The molecule has 0 spiro atoms.